The van der Waals surface area contributed by atoms with Crippen molar-refractivity contribution in [3.63, 3.8) is 0 Å². The van der Waals surface area contributed by atoms with Crippen molar-refractivity contribution in [1.82, 2.24) is 5.32 Å². The molecule has 0 saturated carbocycles. The van der Waals surface area contributed by atoms with Crippen LogP contribution >= 0.6 is 0 Å². The van der Waals surface area contributed by atoms with Crippen LogP contribution in [-0.4, -0.2) is 31.0 Å². The van der Waals surface area contributed by atoms with Gasteiger partial charge in [-0.3, -0.25) is 4.39 Å². The van der Waals surface area contributed by atoms with Gasteiger partial charge in [0.2, 0.25) is 0 Å². The zero-order valence-corrected chi connectivity index (χ0v) is 6.44. The van der Waals surface area contributed by atoms with Gasteiger partial charge in [0.05, 0.1) is 12.8 Å². The second-order valence-corrected chi connectivity index (χ2v) is 2.45. The van der Waals surface area contributed by atoms with E-state index in [1.165, 1.54) is 0 Å². The standard InChI is InChI=1S/C7H16FNO/c1-7(10)6-9-5-3-2-4-8/h7,9-10H,2-6H2,1H3/t7-/m0/s1. The molecule has 0 aliphatic carbocycles. The van der Waals surface area contributed by atoms with Crippen LogP contribution in [-0.2, 0) is 0 Å². The largest absolute Gasteiger partial charge is 0.392 e. The van der Waals surface area contributed by atoms with Gasteiger partial charge in [0.25, 0.3) is 0 Å². The summed E-state index contributed by atoms with van der Waals surface area (Å²) in [6.45, 7) is 2.89. The highest BCUT2D eigenvalue weighted by Gasteiger charge is 1.92. The Morgan fingerprint density at radius 1 is 1.50 bits per heavy atom. The summed E-state index contributed by atoms with van der Waals surface area (Å²) in [6, 6.07) is 0. The second-order valence-electron chi connectivity index (χ2n) is 2.45. The number of unbranched alkanes of at least 4 members (excludes halogenated alkanes) is 1. The van der Waals surface area contributed by atoms with Crippen molar-refractivity contribution >= 4 is 0 Å². The van der Waals surface area contributed by atoms with Crippen LogP contribution in [0.4, 0.5) is 4.39 Å². The Labute approximate surface area is 61.4 Å². The normalized spacial score (nSPS) is 13.5. The average Bonchev–Trinajstić information content (AvgIpc) is 1.87. The third kappa shape index (κ3) is 7.85. The molecule has 3 heteroatoms. The zero-order valence-electron chi connectivity index (χ0n) is 6.44. The fourth-order valence-electron chi connectivity index (χ4n) is 0.655. The van der Waals surface area contributed by atoms with E-state index < -0.39 is 0 Å². The highest BCUT2D eigenvalue weighted by atomic mass is 19.1. The number of hydrogen-bond donors (Lipinski definition) is 2. The Morgan fingerprint density at radius 2 is 2.20 bits per heavy atom. The molecule has 2 nitrogen and oxygen atoms in total. The number of hydrogen-bond acceptors (Lipinski definition) is 2. The first-order chi connectivity index (χ1) is 4.77. The molecule has 0 amide bonds. The van der Waals surface area contributed by atoms with Gasteiger partial charge in [-0.1, -0.05) is 0 Å². The van der Waals surface area contributed by atoms with Gasteiger partial charge in [0, 0.05) is 6.54 Å². The Bertz CT molecular complexity index is 68.6. The van der Waals surface area contributed by atoms with E-state index in [0.29, 0.717) is 13.0 Å². The molecule has 0 aromatic carbocycles. The molecule has 0 saturated heterocycles. The van der Waals surface area contributed by atoms with Crippen LogP contribution in [0.1, 0.15) is 19.8 Å². The van der Waals surface area contributed by atoms with Crippen LogP contribution in [0.25, 0.3) is 0 Å². The second kappa shape index (κ2) is 6.96. The van der Waals surface area contributed by atoms with Crippen molar-refractivity contribution in [1.29, 1.82) is 0 Å². The molecule has 1 atom stereocenters. The molecule has 2 N–H and O–H groups in total. The van der Waals surface area contributed by atoms with E-state index >= 15 is 0 Å². The monoisotopic (exact) mass is 149 g/mol. The molecule has 0 fully saturated rings. The lowest BCUT2D eigenvalue weighted by Gasteiger charge is -2.04. The van der Waals surface area contributed by atoms with Gasteiger partial charge in [0.1, 0.15) is 0 Å². The lowest BCUT2D eigenvalue weighted by molar-refractivity contribution is 0.191. The molecular weight excluding hydrogens is 133 g/mol. The summed E-state index contributed by atoms with van der Waals surface area (Å²) in [5.41, 5.74) is 0. The van der Waals surface area contributed by atoms with E-state index in [9.17, 15) is 4.39 Å². The van der Waals surface area contributed by atoms with E-state index in [1.807, 2.05) is 0 Å². The van der Waals surface area contributed by atoms with E-state index in [2.05, 4.69) is 5.32 Å². The van der Waals surface area contributed by atoms with Crippen molar-refractivity contribution in [3.8, 4) is 0 Å². The topological polar surface area (TPSA) is 32.3 Å². The summed E-state index contributed by atoms with van der Waals surface area (Å²) in [5.74, 6) is 0. The molecule has 0 heterocycles. The van der Waals surface area contributed by atoms with E-state index in [-0.39, 0.29) is 12.8 Å². The van der Waals surface area contributed by atoms with Gasteiger partial charge >= 0.3 is 0 Å². The number of rotatable bonds is 6. The van der Waals surface area contributed by atoms with E-state index in [1.54, 1.807) is 6.92 Å². The first-order valence-electron chi connectivity index (χ1n) is 3.72. The Hall–Kier alpha value is -0.150. The van der Waals surface area contributed by atoms with Crippen molar-refractivity contribution in [3.05, 3.63) is 0 Å². The molecule has 0 aliphatic rings. The minimum Gasteiger partial charge on any atom is -0.392 e. The lowest BCUT2D eigenvalue weighted by atomic mass is 10.3. The SMILES string of the molecule is C[C@H](O)CNCCCCF. The highest BCUT2D eigenvalue weighted by molar-refractivity contribution is 4.52. The fourth-order valence-corrected chi connectivity index (χ4v) is 0.655. The molecule has 0 rings (SSSR count). The molecule has 0 aromatic rings. The fraction of sp³-hybridized carbons (Fsp3) is 1.00. The molecule has 62 valence electrons. The predicted molar refractivity (Wildman–Crippen MR) is 39.8 cm³/mol. The number of nitrogens with one attached hydrogen (secondary N) is 1. The van der Waals surface area contributed by atoms with Crippen LogP contribution in [0.15, 0.2) is 0 Å². The quantitative estimate of drug-likeness (QED) is 0.545. The van der Waals surface area contributed by atoms with Crippen LogP contribution in [0.5, 0.6) is 0 Å². The van der Waals surface area contributed by atoms with Gasteiger partial charge in [-0.05, 0) is 26.3 Å². The molecular formula is C7H16FNO. The van der Waals surface area contributed by atoms with Crippen LogP contribution in [0.3, 0.4) is 0 Å². The maximum absolute atomic E-state index is 11.5. The van der Waals surface area contributed by atoms with Gasteiger partial charge in [-0.2, -0.15) is 0 Å². The number of aliphatic hydroxyl groups excluding tert-OH is 1. The third-order valence-electron chi connectivity index (χ3n) is 1.18. The first-order valence-corrected chi connectivity index (χ1v) is 3.72. The van der Waals surface area contributed by atoms with Gasteiger partial charge in [0.15, 0.2) is 0 Å². The van der Waals surface area contributed by atoms with Crippen LogP contribution in [0, 0.1) is 0 Å². The molecule has 10 heavy (non-hydrogen) atoms. The van der Waals surface area contributed by atoms with Crippen molar-refractivity contribution in [2.45, 2.75) is 25.9 Å². The molecule has 0 bridgehead atoms. The zero-order chi connectivity index (χ0) is 7.82. The van der Waals surface area contributed by atoms with Gasteiger partial charge in [-0.15, -0.1) is 0 Å². The number of alkyl halides is 1. The molecule has 0 aromatic heterocycles. The minimum atomic E-state index is -0.301. The van der Waals surface area contributed by atoms with Crippen LogP contribution < -0.4 is 5.32 Å². The lowest BCUT2D eigenvalue weighted by Crippen LogP contribution is -2.25. The molecule has 0 spiro atoms. The van der Waals surface area contributed by atoms with E-state index in [4.69, 9.17) is 5.11 Å². The molecule has 0 aliphatic heterocycles. The van der Waals surface area contributed by atoms with Crippen molar-refractivity contribution in [2.75, 3.05) is 19.8 Å². The summed E-state index contributed by atoms with van der Waals surface area (Å²) in [6.07, 6.45) is 1.17. The maximum atomic E-state index is 11.5. The molecule has 0 radical (unpaired) electrons. The summed E-state index contributed by atoms with van der Waals surface area (Å²) in [5, 5.41) is 11.8. The Balaban J connectivity index is 2.77. The summed E-state index contributed by atoms with van der Waals surface area (Å²) < 4.78 is 11.5. The van der Waals surface area contributed by atoms with Gasteiger partial charge in [-0.25, -0.2) is 0 Å². The van der Waals surface area contributed by atoms with Gasteiger partial charge < -0.3 is 10.4 Å². The average molecular weight is 149 g/mol. The first kappa shape index (κ1) is 9.85. The summed E-state index contributed by atoms with van der Waals surface area (Å²) in [7, 11) is 0. The predicted octanol–water partition coefficient (Wildman–Crippen LogP) is 0.706. The highest BCUT2D eigenvalue weighted by Crippen LogP contribution is 1.86. The number of aliphatic hydroxyl groups is 1. The van der Waals surface area contributed by atoms with Crippen molar-refractivity contribution in [2.24, 2.45) is 0 Å². The Kier molecular flexibility index (Phi) is 6.86. The van der Waals surface area contributed by atoms with E-state index in [0.717, 1.165) is 13.0 Å². The summed E-state index contributed by atoms with van der Waals surface area (Å²) in [4.78, 5) is 0. The summed E-state index contributed by atoms with van der Waals surface area (Å²) >= 11 is 0. The third-order valence-corrected chi connectivity index (χ3v) is 1.18. The Morgan fingerprint density at radius 3 is 2.70 bits per heavy atom. The molecule has 0 unspecified atom stereocenters. The maximum Gasteiger partial charge on any atom is 0.0894 e. The number of halogens is 1. The minimum absolute atomic E-state index is 0.240. The van der Waals surface area contributed by atoms with Crippen molar-refractivity contribution < 1.29 is 9.50 Å². The van der Waals surface area contributed by atoms with Crippen LogP contribution in [0.2, 0.25) is 0 Å². The smallest absolute Gasteiger partial charge is 0.0894 e.